The molecule has 2 aliphatic heterocycles. The van der Waals surface area contributed by atoms with Gasteiger partial charge in [0.2, 0.25) is 0 Å². The normalized spacial score (nSPS) is 45.3. The Bertz CT molecular complexity index is 1080. The maximum absolute atomic E-state index is 12.4. The van der Waals surface area contributed by atoms with Gasteiger partial charge in [0.05, 0.1) is 5.60 Å². The van der Waals surface area contributed by atoms with Crippen LogP contribution in [-0.4, -0.2) is 58.7 Å². The van der Waals surface area contributed by atoms with Crippen molar-refractivity contribution in [3.63, 3.8) is 0 Å². The maximum atomic E-state index is 12.4. The number of likely N-dealkylation sites (tertiary alicyclic amines) is 1. The highest BCUT2D eigenvalue weighted by atomic mass is 16.6. The van der Waals surface area contributed by atoms with Gasteiger partial charge in [0.15, 0.2) is 11.5 Å². The van der Waals surface area contributed by atoms with Crippen molar-refractivity contribution in [3.8, 4) is 11.5 Å². The van der Waals surface area contributed by atoms with Crippen LogP contribution in [0.4, 0.5) is 0 Å². The van der Waals surface area contributed by atoms with E-state index < -0.39 is 11.2 Å². The van der Waals surface area contributed by atoms with Gasteiger partial charge in [-0.15, -0.1) is 0 Å². The molecule has 2 spiro atoms. The van der Waals surface area contributed by atoms with Gasteiger partial charge in [-0.25, -0.2) is 0 Å². The van der Waals surface area contributed by atoms with E-state index in [4.69, 9.17) is 9.47 Å². The fraction of sp³-hybridized carbons (Fsp3) is 0.800. The molecule has 1 saturated heterocycles. The first kappa shape index (κ1) is 21.8. The summed E-state index contributed by atoms with van der Waals surface area (Å²) >= 11 is 0. The van der Waals surface area contributed by atoms with Gasteiger partial charge in [0, 0.05) is 42.0 Å². The Hall–Kier alpha value is -1.30. The number of hydrogen-bond donors (Lipinski definition) is 2. The Morgan fingerprint density at radius 1 is 1.14 bits per heavy atom. The number of aromatic hydroxyl groups is 1. The molecule has 6 aliphatic carbocycles. The van der Waals surface area contributed by atoms with Crippen molar-refractivity contribution in [1.29, 1.82) is 0 Å². The van der Waals surface area contributed by atoms with Gasteiger partial charge >= 0.3 is 0 Å². The van der Waals surface area contributed by atoms with Crippen LogP contribution in [0.25, 0.3) is 0 Å². The molecule has 1 aromatic carbocycles. The van der Waals surface area contributed by atoms with Crippen molar-refractivity contribution >= 4 is 0 Å². The van der Waals surface area contributed by atoms with Crippen LogP contribution in [0.1, 0.15) is 82.3 Å². The molecule has 4 bridgehead atoms. The second kappa shape index (κ2) is 6.76. The minimum atomic E-state index is -0.766. The van der Waals surface area contributed by atoms with Crippen LogP contribution in [0.3, 0.4) is 0 Å². The Balaban J connectivity index is 1.34. The number of piperidine rings is 1. The molecule has 9 rings (SSSR count). The van der Waals surface area contributed by atoms with Gasteiger partial charge in [-0.2, -0.15) is 0 Å². The summed E-state index contributed by atoms with van der Waals surface area (Å²) in [6, 6.07) is 4.52. The fourth-order valence-corrected chi connectivity index (χ4v) is 10.9. The zero-order valence-electron chi connectivity index (χ0n) is 21.4. The Labute approximate surface area is 209 Å². The molecule has 0 radical (unpaired) electrons. The maximum Gasteiger partial charge on any atom is 0.165 e. The molecule has 1 aromatic rings. The first-order valence-corrected chi connectivity index (χ1v) is 14.4. The third-order valence-corrected chi connectivity index (χ3v) is 12.5. The second-order valence-electron chi connectivity index (χ2n) is 13.6. The highest BCUT2D eigenvalue weighted by molar-refractivity contribution is 5.63. The van der Waals surface area contributed by atoms with Gasteiger partial charge < -0.3 is 19.7 Å². The fourth-order valence-electron chi connectivity index (χ4n) is 10.9. The number of benzene rings is 1. The molecule has 0 amide bonds. The number of phenolic OH excluding ortho intramolecular Hbond substituents is 1. The topological polar surface area (TPSA) is 62.2 Å². The lowest BCUT2D eigenvalue weighted by Gasteiger charge is -2.75. The summed E-state index contributed by atoms with van der Waals surface area (Å²) in [6.07, 6.45) is 12.6. The highest BCUT2D eigenvalue weighted by Gasteiger charge is 2.82. The Kier molecular flexibility index (Phi) is 4.20. The lowest BCUT2D eigenvalue weighted by Crippen LogP contribution is -2.83. The average Bonchev–Trinajstić information content (AvgIpc) is 3.34. The number of ether oxygens (including phenoxy) is 2. The van der Waals surface area contributed by atoms with E-state index in [2.05, 4.69) is 17.9 Å². The number of methoxy groups -OCH3 is 1. The number of nitrogens with zero attached hydrogens (tertiary/aromatic N) is 1. The largest absolute Gasteiger partial charge is 0.504 e. The summed E-state index contributed by atoms with van der Waals surface area (Å²) in [4.78, 5) is 2.85. The summed E-state index contributed by atoms with van der Waals surface area (Å²) in [5.74, 6) is 2.28. The zero-order valence-corrected chi connectivity index (χ0v) is 21.4. The third kappa shape index (κ3) is 2.38. The molecule has 35 heavy (non-hydrogen) atoms. The third-order valence-electron chi connectivity index (χ3n) is 12.5. The zero-order chi connectivity index (χ0) is 23.8. The van der Waals surface area contributed by atoms with Crippen molar-refractivity contribution in [2.75, 3.05) is 20.2 Å². The van der Waals surface area contributed by atoms with Crippen molar-refractivity contribution in [1.82, 2.24) is 4.90 Å². The predicted octanol–water partition coefficient (Wildman–Crippen LogP) is 4.56. The van der Waals surface area contributed by atoms with Crippen LogP contribution in [0.15, 0.2) is 12.1 Å². The molecular formula is C30H41NO4. The molecule has 2 heterocycles. The van der Waals surface area contributed by atoms with Crippen molar-refractivity contribution in [3.05, 3.63) is 23.3 Å². The van der Waals surface area contributed by atoms with Gasteiger partial charge in [-0.1, -0.05) is 18.9 Å². The summed E-state index contributed by atoms with van der Waals surface area (Å²) in [6.45, 7) is 4.47. The molecular weight excluding hydrogens is 438 g/mol. The highest BCUT2D eigenvalue weighted by Crippen LogP contribution is 2.78. The van der Waals surface area contributed by atoms with E-state index in [1.54, 1.807) is 0 Å². The lowest BCUT2D eigenvalue weighted by molar-refractivity contribution is -0.307. The SMILES string of the molecule is CO[C@@]12CC[C@@]3(C[C@@H]1[C@](C)(O)C1CCCC1)[C@H]1Cc4ccc(O)c5c4[C@@]3(CCN1CC1CC1)[C@H]2O5. The van der Waals surface area contributed by atoms with Crippen LogP contribution in [-0.2, 0) is 16.6 Å². The van der Waals surface area contributed by atoms with E-state index in [0.29, 0.717) is 12.0 Å². The number of fused-ring (bicyclic) bond motifs is 2. The number of phenols is 1. The molecule has 6 fully saturated rings. The van der Waals surface area contributed by atoms with Gasteiger partial charge in [0.1, 0.15) is 11.7 Å². The van der Waals surface area contributed by atoms with Crippen molar-refractivity contribution in [2.24, 2.45) is 23.2 Å². The van der Waals surface area contributed by atoms with Crippen molar-refractivity contribution in [2.45, 2.75) is 106 Å². The van der Waals surface area contributed by atoms with E-state index in [9.17, 15) is 10.2 Å². The molecule has 0 aromatic heterocycles. The van der Waals surface area contributed by atoms with Gasteiger partial charge in [-0.05, 0) is 94.7 Å². The molecule has 190 valence electrons. The number of aliphatic hydroxyl groups is 1. The molecule has 5 saturated carbocycles. The van der Waals surface area contributed by atoms with Crippen LogP contribution in [0, 0.1) is 23.2 Å². The van der Waals surface area contributed by atoms with E-state index in [1.165, 1.54) is 43.4 Å². The molecule has 2 N–H and O–H groups in total. The van der Waals surface area contributed by atoms with E-state index in [-0.39, 0.29) is 28.6 Å². The monoisotopic (exact) mass is 479 g/mol. The molecule has 5 nitrogen and oxygen atoms in total. The Morgan fingerprint density at radius 3 is 2.69 bits per heavy atom. The van der Waals surface area contributed by atoms with E-state index in [0.717, 1.165) is 63.2 Å². The van der Waals surface area contributed by atoms with Crippen molar-refractivity contribution < 1.29 is 19.7 Å². The first-order chi connectivity index (χ1) is 16.9. The quantitative estimate of drug-likeness (QED) is 0.648. The van der Waals surface area contributed by atoms with Gasteiger partial charge in [-0.3, -0.25) is 4.90 Å². The van der Waals surface area contributed by atoms with Crippen LogP contribution >= 0.6 is 0 Å². The van der Waals surface area contributed by atoms with Gasteiger partial charge in [0.25, 0.3) is 0 Å². The lowest BCUT2D eigenvalue weighted by atomic mass is 9.33. The standard InChI is InChI=1S/C30H41NO4/c1-27(33,20-5-3-4-6-20)22-16-28-11-12-30(22,34-2)26-29(28)13-14-31(17-18-7-8-18)23(28)15-19-9-10-21(32)25(35-26)24(19)29/h9-10,18,20,22-23,26,32-33H,3-8,11-17H2,1-2H3/t22-,23-,26-,27-,28-,29+,30+/m1/s1. The smallest absolute Gasteiger partial charge is 0.165 e. The molecule has 5 heteroatoms. The van der Waals surface area contributed by atoms with E-state index in [1.807, 2.05) is 13.2 Å². The number of rotatable bonds is 5. The minimum Gasteiger partial charge on any atom is -0.504 e. The first-order valence-electron chi connectivity index (χ1n) is 14.4. The summed E-state index contributed by atoms with van der Waals surface area (Å²) in [7, 11) is 1.86. The second-order valence-corrected chi connectivity index (χ2v) is 13.6. The Morgan fingerprint density at radius 2 is 1.94 bits per heavy atom. The van der Waals surface area contributed by atoms with Crippen LogP contribution in [0.2, 0.25) is 0 Å². The van der Waals surface area contributed by atoms with Crippen LogP contribution < -0.4 is 4.74 Å². The molecule has 7 atom stereocenters. The average molecular weight is 480 g/mol. The molecule has 0 unspecified atom stereocenters. The molecule has 8 aliphatic rings. The summed E-state index contributed by atoms with van der Waals surface area (Å²) < 4.78 is 13.6. The summed E-state index contributed by atoms with van der Waals surface area (Å²) in [5, 5.41) is 23.4. The summed E-state index contributed by atoms with van der Waals surface area (Å²) in [5.41, 5.74) is 1.37. The predicted molar refractivity (Wildman–Crippen MR) is 133 cm³/mol. The minimum absolute atomic E-state index is 0.0522. The van der Waals surface area contributed by atoms with E-state index >= 15 is 0 Å². The number of hydrogen-bond acceptors (Lipinski definition) is 5. The van der Waals surface area contributed by atoms with Crippen LogP contribution in [0.5, 0.6) is 11.5 Å².